The summed E-state index contributed by atoms with van der Waals surface area (Å²) in [6.07, 6.45) is 0.909. The highest BCUT2D eigenvalue weighted by Gasteiger charge is 2.19. The fraction of sp³-hybridized carbons (Fsp3) is 0.500. The van der Waals surface area contributed by atoms with E-state index >= 15 is 0 Å². The van der Waals surface area contributed by atoms with Gasteiger partial charge in [-0.3, -0.25) is 0 Å². The minimum atomic E-state index is 0.636. The summed E-state index contributed by atoms with van der Waals surface area (Å²) in [5.74, 6) is 1.64. The second-order valence-corrected chi connectivity index (χ2v) is 4.73. The minimum Gasteiger partial charge on any atom is -0.489 e. The van der Waals surface area contributed by atoms with Gasteiger partial charge in [0.1, 0.15) is 0 Å². The van der Waals surface area contributed by atoms with Crippen LogP contribution in [0, 0.1) is 6.92 Å². The van der Waals surface area contributed by atoms with Crippen LogP contribution in [0.1, 0.15) is 17.5 Å². The molecule has 1 aliphatic heterocycles. The van der Waals surface area contributed by atoms with Crippen molar-refractivity contribution in [2.45, 2.75) is 19.9 Å². The zero-order chi connectivity index (χ0) is 12.3. The van der Waals surface area contributed by atoms with E-state index in [4.69, 9.17) is 14.3 Å². The van der Waals surface area contributed by atoms with Crippen molar-refractivity contribution in [1.29, 1.82) is 0 Å². The smallest absolute Gasteiger partial charge is 0.175 e. The summed E-state index contributed by atoms with van der Waals surface area (Å²) in [6.45, 7) is 4.06. The normalized spacial score (nSPS) is 14.5. The first-order valence-electron chi connectivity index (χ1n) is 5.57. The third-order valence-electron chi connectivity index (χ3n) is 2.73. The molecule has 1 aliphatic rings. The summed E-state index contributed by atoms with van der Waals surface area (Å²) in [5.41, 5.74) is 5.06. The van der Waals surface area contributed by atoms with Crippen LogP contribution in [0.15, 0.2) is 10.5 Å². The Labute approximate surface area is 109 Å². The van der Waals surface area contributed by atoms with Crippen molar-refractivity contribution in [3.63, 3.8) is 0 Å². The number of hydrogen-bond donors (Lipinski definition) is 1. The van der Waals surface area contributed by atoms with Crippen LogP contribution in [-0.2, 0) is 11.4 Å². The molecule has 0 fully saturated rings. The predicted molar refractivity (Wildman–Crippen MR) is 68.3 cm³/mol. The molecule has 2 rings (SSSR count). The summed E-state index contributed by atoms with van der Waals surface area (Å²) < 4.78 is 12.4. The van der Waals surface area contributed by atoms with Crippen LogP contribution < -0.4 is 15.0 Å². The molecule has 5 heteroatoms. The first kappa shape index (κ1) is 12.7. The Morgan fingerprint density at radius 1 is 1.35 bits per heavy atom. The summed E-state index contributed by atoms with van der Waals surface area (Å²) >= 11 is 3.52. The molecule has 94 valence electrons. The fourth-order valence-corrected chi connectivity index (χ4v) is 2.37. The molecule has 0 saturated heterocycles. The van der Waals surface area contributed by atoms with E-state index in [2.05, 4.69) is 21.4 Å². The van der Waals surface area contributed by atoms with Crippen molar-refractivity contribution < 1.29 is 14.3 Å². The van der Waals surface area contributed by atoms with E-state index in [0.29, 0.717) is 19.8 Å². The summed E-state index contributed by atoms with van der Waals surface area (Å²) in [5, 5.41) is 0. The Morgan fingerprint density at radius 3 is 2.76 bits per heavy atom. The number of fused-ring (bicyclic) bond motifs is 1. The van der Waals surface area contributed by atoms with E-state index in [1.54, 1.807) is 7.11 Å². The molecule has 17 heavy (non-hydrogen) atoms. The molecule has 0 spiro atoms. The van der Waals surface area contributed by atoms with Gasteiger partial charge in [-0.25, -0.2) is 0 Å². The average molecular weight is 302 g/mol. The molecule has 1 aromatic carbocycles. The van der Waals surface area contributed by atoms with Gasteiger partial charge in [0.25, 0.3) is 0 Å². The zero-order valence-electron chi connectivity index (χ0n) is 10.0. The monoisotopic (exact) mass is 301 g/mol. The highest BCUT2D eigenvalue weighted by Crippen LogP contribution is 2.41. The largest absolute Gasteiger partial charge is 0.489 e. The fourth-order valence-electron chi connectivity index (χ4n) is 1.80. The number of ether oxygens (including phenoxy) is 2. The zero-order valence-corrected chi connectivity index (χ0v) is 11.6. The maximum atomic E-state index is 5.76. The Morgan fingerprint density at radius 2 is 2.06 bits per heavy atom. The Bertz CT molecular complexity index is 409. The molecular weight excluding hydrogens is 286 g/mol. The van der Waals surface area contributed by atoms with Crippen LogP contribution in [0.2, 0.25) is 0 Å². The lowest BCUT2D eigenvalue weighted by Gasteiger charge is -2.16. The van der Waals surface area contributed by atoms with Gasteiger partial charge in [-0.15, -0.1) is 0 Å². The van der Waals surface area contributed by atoms with Crippen molar-refractivity contribution in [2.24, 2.45) is 0 Å². The van der Waals surface area contributed by atoms with E-state index in [9.17, 15) is 0 Å². The molecule has 0 amide bonds. The Kier molecular flexibility index (Phi) is 4.25. The van der Waals surface area contributed by atoms with E-state index < -0.39 is 0 Å². The highest BCUT2D eigenvalue weighted by molar-refractivity contribution is 9.10. The number of halogens is 1. The molecule has 0 bridgehead atoms. The Hall–Kier alpha value is -0.780. The van der Waals surface area contributed by atoms with Crippen molar-refractivity contribution in [3.05, 3.63) is 21.7 Å². The third-order valence-corrected chi connectivity index (χ3v) is 3.32. The molecule has 1 N–H and O–H groups in total. The quantitative estimate of drug-likeness (QED) is 0.871. The Balaban J connectivity index is 2.38. The molecular formula is C12H16BrNO3. The second-order valence-electron chi connectivity index (χ2n) is 3.88. The lowest BCUT2D eigenvalue weighted by molar-refractivity contribution is 0.0865. The van der Waals surface area contributed by atoms with Crippen LogP contribution in [0.5, 0.6) is 11.5 Å². The predicted octanol–water partition coefficient (Wildman–Crippen LogP) is 2.57. The lowest BCUT2D eigenvalue weighted by atomic mass is 10.1. The third kappa shape index (κ3) is 2.73. The van der Waals surface area contributed by atoms with E-state index in [-0.39, 0.29) is 0 Å². The van der Waals surface area contributed by atoms with Crippen molar-refractivity contribution >= 4 is 15.9 Å². The number of rotatable bonds is 3. The summed E-state index contributed by atoms with van der Waals surface area (Å²) in [6, 6.07) is 2.04. The molecule has 0 aromatic heterocycles. The van der Waals surface area contributed by atoms with Crippen molar-refractivity contribution in [1.82, 2.24) is 5.48 Å². The molecule has 1 heterocycles. The minimum absolute atomic E-state index is 0.636. The van der Waals surface area contributed by atoms with Gasteiger partial charge >= 0.3 is 0 Å². The average Bonchev–Trinajstić information content (AvgIpc) is 2.58. The van der Waals surface area contributed by atoms with E-state index in [0.717, 1.165) is 33.5 Å². The number of nitrogens with one attached hydrogen (secondary N) is 1. The number of hydroxylamine groups is 1. The van der Waals surface area contributed by atoms with Gasteiger partial charge in [-0.2, -0.15) is 5.48 Å². The highest BCUT2D eigenvalue weighted by atomic mass is 79.9. The molecule has 0 radical (unpaired) electrons. The van der Waals surface area contributed by atoms with Gasteiger partial charge in [0.05, 0.1) is 24.8 Å². The van der Waals surface area contributed by atoms with Crippen LogP contribution in [0.3, 0.4) is 0 Å². The van der Waals surface area contributed by atoms with Crippen LogP contribution in [0.25, 0.3) is 0 Å². The van der Waals surface area contributed by atoms with Gasteiger partial charge in [0, 0.05) is 13.0 Å². The van der Waals surface area contributed by atoms with Gasteiger partial charge < -0.3 is 14.3 Å². The maximum Gasteiger partial charge on any atom is 0.175 e. The molecule has 1 aromatic rings. The number of hydrogen-bond acceptors (Lipinski definition) is 4. The standard InChI is InChI=1S/C12H16BrNO3/c1-8-9(7-14-15-2)6-10(13)12-11(8)16-4-3-5-17-12/h6,14H,3-5,7H2,1-2H3. The molecule has 0 saturated carbocycles. The molecule has 0 aliphatic carbocycles. The van der Waals surface area contributed by atoms with Crippen molar-refractivity contribution in [2.75, 3.05) is 20.3 Å². The molecule has 0 unspecified atom stereocenters. The van der Waals surface area contributed by atoms with Gasteiger partial charge in [-0.05, 0) is 40.0 Å². The second kappa shape index (κ2) is 5.71. The van der Waals surface area contributed by atoms with Crippen LogP contribution in [0.4, 0.5) is 0 Å². The molecule has 4 nitrogen and oxygen atoms in total. The van der Waals surface area contributed by atoms with Gasteiger partial charge in [0.15, 0.2) is 11.5 Å². The van der Waals surface area contributed by atoms with Gasteiger partial charge in [-0.1, -0.05) is 0 Å². The van der Waals surface area contributed by atoms with Crippen LogP contribution in [-0.4, -0.2) is 20.3 Å². The summed E-state index contributed by atoms with van der Waals surface area (Å²) in [7, 11) is 1.60. The maximum absolute atomic E-state index is 5.76. The molecule has 0 atom stereocenters. The first-order valence-corrected chi connectivity index (χ1v) is 6.36. The van der Waals surface area contributed by atoms with Crippen molar-refractivity contribution in [3.8, 4) is 11.5 Å². The lowest BCUT2D eigenvalue weighted by Crippen LogP contribution is -2.12. The van der Waals surface area contributed by atoms with Crippen LogP contribution >= 0.6 is 15.9 Å². The topological polar surface area (TPSA) is 39.7 Å². The van der Waals surface area contributed by atoms with E-state index in [1.807, 2.05) is 13.0 Å². The first-order chi connectivity index (χ1) is 8.24. The SMILES string of the molecule is CONCc1cc(Br)c2c(c1C)OCCCO2. The number of benzene rings is 1. The van der Waals surface area contributed by atoms with Gasteiger partial charge in [0.2, 0.25) is 0 Å². The van der Waals surface area contributed by atoms with E-state index in [1.165, 1.54) is 0 Å². The summed E-state index contributed by atoms with van der Waals surface area (Å²) in [4.78, 5) is 4.87.